The van der Waals surface area contributed by atoms with E-state index in [0.717, 1.165) is 11.1 Å². The monoisotopic (exact) mass is 397 g/mol. The second-order valence-electron chi connectivity index (χ2n) is 7.11. The van der Waals surface area contributed by atoms with Crippen LogP contribution in [-0.4, -0.2) is 35.6 Å². The number of amides is 1. The number of hydrogen-bond acceptors (Lipinski definition) is 4. The molecule has 0 saturated heterocycles. The van der Waals surface area contributed by atoms with Crippen molar-refractivity contribution in [2.45, 2.75) is 38.6 Å². The largest absolute Gasteiger partial charge is 0.480 e. The van der Waals surface area contributed by atoms with Crippen molar-refractivity contribution >= 4 is 17.8 Å². The summed E-state index contributed by atoms with van der Waals surface area (Å²) in [7, 11) is 0. The first-order valence-corrected chi connectivity index (χ1v) is 9.62. The topological polar surface area (TPSA) is 92.7 Å². The molecule has 2 aromatic carbocycles. The Morgan fingerprint density at radius 3 is 1.90 bits per heavy atom. The summed E-state index contributed by atoms with van der Waals surface area (Å²) in [5.41, 5.74) is 0.390. The lowest BCUT2D eigenvalue weighted by molar-refractivity contribution is -0.149. The van der Waals surface area contributed by atoms with E-state index in [2.05, 4.69) is 5.32 Å². The number of rotatable bonds is 9. The highest BCUT2D eigenvalue weighted by atomic mass is 16.5. The number of nitrogens with one attached hydrogen (secondary N) is 1. The van der Waals surface area contributed by atoms with Crippen LogP contribution in [0, 0.1) is 5.92 Å². The predicted octanol–water partition coefficient (Wildman–Crippen LogP) is 3.15. The van der Waals surface area contributed by atoms with E-state index < -0.39 is 35.2 Å². The van der Waals surface area contributed by atoms with Crippen LogP contribution in [0.4, 0.5) is 0 Å². The third kappa shape index (κ3) is 5.22. The molecule has 2 atom stereocenters. The maximum Gasteiger partial charge on any atom is 0.326 e. The highest BCUT2D eigenvalue weighted by Gasteiger charge is 2.39. The Morgan fingerprint density at radius 2 is 1.48 bits per heavy atom. The molecule has 154 valence electrons. The van der Waals surface area contributed by atoms with Crippen LogP contribution in [0.1, 0.15) is 38.3 Å². The van der Waals surface area contributed by atoms with E-state index in [4.69, 9.17) is 4.74 Å². The molecule has 2 rings (SSSR count). The lowest BCUT2D eigenvalue weighted by Crippen LogP contribution is -2.50. The van der Waals surface area contributed by atoms with Crippen LogP contribution in [0.3, 0.4) is 0 Å². The summed E-state index contributed by atoms with van der Waals surface area (Å²) in [6.45, 7) is 5.26. The summed E-state index contributed by atoms with van der Waals surface area (Å²) in [5.74, 6) is -2.78. The van der Waals surface area contributed by atoms with Gasteiger partial charge in [0.25, 0.3) is 0 Å². The lowest BCUT2D eigenvalue weighted by atomic mass is 9.75. The van der Waals surface area contributed by atoms with Crippen LogP contribution in [0.2, 0.25) is 0 Å². The minimum atomic E-state index is -1.21. The average molecular weight is 397 g/mol. The van der Waals surface area contributed by atoms with Crippen LogP contribution >= 0.6 is 0 Å². The Hall–Kier alpha value is -3.15. The Morgan fingerprint density at radius 1 is 1.00 bits per heavy atom. The molecule has 0 bridgehead atoms. The van der Waals surface area contributed by atoms with Crippen LogP contribution < -0.4 is 5.32 Å². The molecule has 0 radical (unpaired) electrons. The third-order valence-corrected chi connectivity index (χ3v) is 5.04. The van der Waals surface area contributed by atoms with E-state index in [1.54, 1.807) is 20.8 Å². The smallest absolute Gasteiger partial charge is 0.326 e. The van der Waals surface area contributed by atoms with Gasteiger partial charge in [0.15, 0.2) is 0 Å². The van der Waals surface area contributed by atoms with Crippen molar-refractivity contribution < 1.29 is 24.2 Å². The third-order valence-electron chi connectivity index (χ3n) is 5.04. The van der Waals surface area contributed by atoms with Gasteiger partial charge in [0.2, 0.25) is 5.91 Å². The van der Waals surface area contributed by atoms with Gasteiger partial charge in [0.1, 0.15) is 6.04 Å². The zero-order chi connectivity index (χ0) is 21.4. The number of ether oxygens (including phenoxy) is 1. The van der Waals surface area contributed by atoms with Crippen molar-refractivity contribution in [3.63, 3.8) is 0 Å². The molecule has 2 aromatic rings. The van der Waals surface area contributed by atoms with Crippen LogP contribution in [-0.2, 0) is 24.5 Å². The Bertz CT molecular complexity index is 795. The Balaban J connectivity index is 2.33. The summed E-state index contributed by atoms with van der Waals surface area (Å²) in [6, 6.07) is 17.2. The van der Waals surface area contributed by atoms with Gasteiger partial charge in [-0.05, 0) is 31.4 Å². The lowest BCUT2D eigenvalue weighted by Gasteiger charge is -2.31. The summed E-state index contributed by atoms with van der Waals surface area (Å²) >= 11 is 0. The number of carboxylic acid groups (broad SMARTS) is 1. The second kappa shape index (κ2) is 9.87. The summed E-state index contributed by atoms with van der Waals surface area (Å²) in [5, 5.41) is 12.3. The van der Waals surface area contributed by atoms with Gasteiger partial charge in [-0.2, -0.15) is 0 Å². The molecule has 1 amide bonds. The van der Waals surface area contributed by atoms with Crippen LogP contribution in [0.25, 0.3) is 0 Å². The van der Waals surface area contributed by atoms with Crippen molar-refractivity contribution in [2.75, 3.05) is 6.61 Å². The van der Waals surface area contributed by atoms with Crippen molar-refractivity contribution in [1.29, 1.82) is 0 Å². The Kier molecular flexibility index (Phi) is 7.53. The first-order valence-electron chi connectivity index (χ1n) is 9.62. The number of carbonyl (C=O) groups excluding carboxylic acids is 2. The van der Waals surface area contributed by atoms with Gasteiger partial charge in [0, 0.05) is 0 Å². The predicted molar refractivity (Wildman–Crippen MR) is 109 cm³/mol. The molecule has 0 unspecified atom stereocenters. The van der Waals surface area contributed by atoms with E-state index in [9.17, 15) is 19.5 Å². The van der Waals surface area contributed by atoms with Gasteiger partial charge in [0.05, 0.1) is 17.9 Å². The van der Waals surface area contributed by atoms with E-state index in [0.29, 0.717) is 0 Å². The molecule has 6 heteroatoms. The second-order valence-corrected chi connectivity index (χ2v) is 7.11. The number of benzene rings is 2. The number of hydrogen-bond donors (Lipinski definition) is 2. The zero-order valence-corrected chi connectivity index (χ0v) is 16.9. The van der Waals surface area contributed by atoms with Crippen molar-refractivity contribution in [3.8, 4) is 0 Å². The first kappa shape index (κ1) is 22.1. The summed E-state index contributed by atoms with van der Waals surface area (Å²) < 4.78 is 4.95. The normalized spacial score (nSPS) is 13.2. The fourth-order valence-electron chi connectivity index (χ4n) is 3.23. The van der Waals surface area contributed by atoms with E-state index in [1.807, 2.05) is 60.7 Å². The molecular formula is C23H27NO5. The molecule has 0 heterocycles. The van der Waals surface area contributed by atoms with Gasteiger partial charge in [-0.3, -0.25) is 9.59 Å². The van der Waals surface area contributed by atoms with Gasteiger partial charge in [-0.25, -0.2) is 4.79 Å². The van der Waals surface area contributed by atoms with Crippen molar-refractivity contribution in [3.05, 3.63) is 71.8 Å². The van der Waals surface area contributed by atoms with E-state index >= 15 is 0 Å². The minimum Gasteiger partial charge on any atom is -0.480 e. The molecule has 0 aliphatic rings. The molecule has 6 nitrogen and oxygen atoms in total. The van der Waals surface area contributed by atoms with Crippen molar-refractivity contribution in [2.24, 2.45) is 5.92 Å². The molecular weight excluding hydrogens is 370 g/mol. The minimum absolute atomic E-state index is 0.0560. The Labute approximate surface area is 170 Å². The van der Waals surface area contributed by atoms with Gasteiger partial charge >= 0.3 is 11.9 Å². The van der Waals surface area contributed by atoms with Crippen LogP contribution in [0.5, 0.6) is 0 Å². The molecule has 0 fully saturated rings. The number of carbonyl (C=O) groups is 3. The van der Waals surface area contributed by atoms with Crippen molar-refractivity contribution in [1.82, 2.24) is 5.32 Å². The fraction of sp³-hybridized carbons (Fsp3) is 0.348. The van der Waals surface area contributed by atoms with Gasteiger partial charge < -0.3 is 15.2 Å². The maximum absolute atomic E-state index is 13.4. The van der Waals surface area contributed by atoms with E-state index in [-0.39, 0.29) is 13.0 Å². The van der Waals surface area contributed by atoms with Crippen LogP contribution in [0.15, 0.2) is 60.7 Å². The molecule has 0 aliphatic heterocycles. The molecule has 0 saturated carbocycles. The summed E-state index contributed by atoms with van der Waals surface area (Å²) in [4.78, 5) is 37.1. The highest BCUT2D eigenvalue weighted by Crippen LogP contribution is 2.32. The molecule has 29 heavy (non-hydrogen) atoms. The SMILES string of the molecule is CCOC(=O)[C@@H](C)C[C@H](NC(=O)C(C)(c1ccccc1)c1ccccc1)C(=O)O. The molecule has 0 spiro atoms. The summed E-state index contributed by atoms with van der Waals surface area (Å²) in [6.07, 6.45) is -0.0560. The fourth-order valence-corrected chi connectivity index (χ4v) is 3.23. The number of aliphatic carboxylic acids is 1. The highest BCUT2D eigenvalue weighted by molar-refractivity contribution is 5.94. The van der Waals surface area contributed by atoms with E-state index in [1.165, 1.54) is 0 Å². The zero-order valence-electron chi connectivity index (χ0n) is 16.9. The van der Waals surface area contributed by atoms with Gasteiger partial charge in [-0.15, -0.1) is 0 Å². The molecule has 2 N–H and O–H groups in total. The number of carboxylic acids is 1. The molecule has 0 aromatic heterocycles. The molecule has 0 aliphatic carbocycles. The standard InChI is InChI=1S/C23H27NO5/c1-4-29-21(27)16(2)15-19(20(25)26)24-22(28)23(3,17-11-7-5-8-12-17)18-13-9-6-10-14-18/h5-14,16,19H,4,15H2,1-3H3,(H,24,28)(H,25,26)/t16-,19-/m0/s1. The maximum atomic E-state index is 13.4. The average Bonchev–Trinajstić information content (AvgIpc) is 2.73. The van der Waals surface area contributed by atoms with Gasteiger partial charge in [-0.1, -0.05) is 67.6 Å². The first-order chi connectivity index (χ1) is 13.8. The number of esters is 1. The quantitative estimate of drug-likeness (QED) is 0.634.